The molecule has 0 aromatic heterocycles. The highest BCUT2D eigenvalue weighted by atomic mass is 28.4. The van der Waals surface area contributed by atoms with Crippen LogP contribution in [-0.2, 0) is 9.22 Å². The van der Waals surface area contributed by atoms with Crippen LogP contribution in [0, 0.1) is 5.41 Å². The molecule has 0 bridgehead atoms. The zero-order valence-electron chi connectivity index (χ0n) is 9.26. The van der Waals surface area contributed by atoms with Gasteiger partial charge in [-0.2, -0.15) is 0 Å². The summed E-state index contributed by atoms with van der Waals surface area (Å²) in [4.78, 5) is 11.0. The van der Waals surface area contributed by atoms with Gasteiger partial charge >= 0.3 is 5.97 Å². The minimum absolute atomic E-state index is 0.545. The third-order valence-corrected chi connectivity index (χ3v) is 3.69. The zero-order valence-corrected chi connectivity index (χ0v) is 10.3. The van der Waals surface area contributed by atoms with Crippen molar-refractivity contribution in [2.24, 2.45) is 5.41 Å². The summed E-state index contributed by atoms with van der Waals surface area (Å²) < 4.78 is 5.90. The van der Waals surface area contributed by atoms with Gasteiger partial charge in [0.1, 0.15) is 0 Å². The summed E-state index contributed by atoms with van der Waals surface area (Å²) in [5, 5.41) is 9.06. The lowest BCUT2D eigenvalue weighted by Gasteiger charge is -2.26. The van der Waals surface area contributed by atoms with Gasteiger partial charge in [0.05, 0.1) is 11.0 Å². The number of hydrogen-bond donors (Lipinski definition) is 1. The maximum Gasteiger partial charge on any atom is 0.312 e. The third kappa shape index (κ3) is 1.64. The van der Waals surface area contributed by atoms with Crippen molar-refractivity contribution < 1.29 is 14.3 Å². The van der Waals surface area contributed by atoms with Crippen LogP contribution in [0.1, 0.15) is 13.3 Å². The van der Waals surface area contributed by atoms with E-state index in [9.17, 15) is 4.79 Å². The molecule has 1 aliphatic rings. The molecule has 0 spiro atoms. The first-order valence-corrected chi connectivity index (χ1v) is 8.15. The van der Waals surface area contributed by atoms with E-state index in [0.29, 0.717) is 6.42 Å². The lowest BCUT2D eigenvalue weighted by Crippen LogP contribution is -2.37. The van der Waals surface area contributed by atoms with Gasteiger partial charge in [-0.1, -0.05) is 6.08 Å². The minimum Gasteiger partial charge on any atom is -0.481 e. The van der Waals surface area contributed by atoms with E-state index < -0.39 is 25.3 Å². The van der Waals surface area contributed by atoms with E-state index in [1.165, 1.54) is 0 Å². The smallest absolute Gasteiger partial charge is 0.312 e. The summed E-state index contributed by atoms with van der Waals surface area (Å²) in [6, 6.07) is 0. The summed E-state index contributed by atoms with van der Waals surface area (Å²) in [5.74, 6) is -0.796. The second kappa shape index (κ2) is 2.94. The fraction of sp³-hybridized carbons (Fsp3) is 0.700. The van der Waals surface area contributed by atoms with Crippen LogP contribution in [0.3, 0.4) is 0 Å². The second-order valence-corrected chi connectivity index (χ2v) is 9.55. The Morgan fingerprint density at radius 2 is 2.07 bits per heavy atom. The van der Waals surface area contributed by atoms with E-state index in [1.54, 1.807) is 13.0 Å². The highest BCUT2D eigenvalue weighted by Gasteiger charge is 2.70. The Bertz CT molecular complexity index is 282. The van der Waals surface area contributed by atoms with Gasteiger partial charge in [-0.3, -0.25) is 4.79 Å². The quantitative estimate of drug-likeness (QED) is 0.577. The van der Waals surface area contributed by atoms with Crippen LogP contribution in [0.4, 0.5) is 0 Å². The van der Waals surface area contributed by atoms with Gasteiger partial charge in [0.25, 0.3) is 0 Å². The van der Waals surface area contributed by atoms with Gasteiger partial charge in [0, 0.05) is 0 Å². The first-order chi connectivity index (χ1) is 6.17. The molecule has 3 nitrogen and oxygen atoms in total. The fourth-order valence-electron chi connectivity index (χ4n) is 1.77. The summed E-state index contributed by atoms with van der Waals surface area (Å²) >= 11 is 0. The van der Waals surface area contributed by atoms with Crippen LogP contribution in [0.5, 0.6) is 0 Å². The molecule has 0 heterocycles. The Morgan fingerprint density at radius 1 is 1.57 bits per heavy atom. The maximum absolute atomic E-state index is 11.0. The number of rotatable bonds is 4. The van der Waals surface area contributed by atoms with E-state index >= 15 is 0 Å². The predicted octanol–water partition coefficient (Wildman–Crippen LogP) is 2.26. The predicted molar refractivity (Wildman–Crippen MR) is 57.7 cm³/mol. The molecule has 14 heavy (non-hydrogen) atoms. The lowest BCUT2D eigenvalue weighted by atomic mass is 10.1. The van der Waals surface area contributed by atoms with E-state index in [-0.39, 0.29) is 0 Å². The lowest BCUT2D eigenvalue weighted by molar-refractivity contribution is -0.144. The molecule has 0 aliphatic heterocycles. The van der Waals surface area contributed by atoms with E-state index in [1.807, 2.05) is 0 Å². The summed E-state index contributed by atoms with van der Waals surface area (Å²) in [6.07, 6.45) is 2.20. The fourth-order valence-corrected chi connectivity index (χ4v) is 3.25. The summed E-state index contributed by atoms with van der Waals surface area (Å²) in [6.45, 7) is 11.6. The molecule has 1 fully saturated rings. The molecule has 0 aromatic rings. The molecule has 0 saturated heterocycles. The molecule has 0 amide bonds. The number of carbonyl (C=O) groups is 1. The molecule has 0 aromatic carbocycles. The van der Waals surface area contributed by atoms with E-state index in [0.717, 1.165) is 0 Å². The van der Waals surface area contributed by atoms with E-state index in [2.05, 4.69) is 26.2 Å². The first-order valence-electron chi connectivity index (χ1n) is 4.74. The first kappa shape index (κ1) is 11.5. The van der Waals surface area contributed by atoms with Crippen molar-refractivity contribution in [1.82, 2.24) is 0 Å². The molecular formula is C10H18O3Si. The Labute approximate surface area is 85.9 Å². The van der Waals surface area contributed by atoms with Crippen molar-refractivity contribution in [2.45, 2.75) is 38.6 Å². The molecule has 80 valence electrons. The average Bonchev–Trinajstić information content (AvgIpc) is 2.55. The number of hydrogen-bond acceptors (Lipinski definition) is 2. The molecule has 1 rings (SSSR count). The molecule has 1 aliphatic carbocycles. The minimum atomic E-state index is -1.72. The van der Waals surface area contributed by atoms with Gasteiger partial charge < -0.3 is 9.53 Å². The van der Waals surface area contributed by atoms with Crippen LogP contribution < -0.4 is 0 Å². The van der Waals surface area contributed by atoms with Crippen LogP contribution in [0.25, 0.3) is 0 Å². The SMILES string of the molecule is C=CC1(O[Si](C)(C)C)CC1(C)C(=O)O. The largest absolute Gasteiger partial charge is 0.481 e. The molecule has 2 unspecified atom stereocenters. The number of carboxylic acids is 1. The van der Waals surface area contributed by atoms with E-state index in [4.69, 9.17) is 9.53 Å². The number of carboxylic acid groups (broad SMARTS) is 1. The van der Waals surface area contributed by atoms with Crippen molar-refractivity contribution in [3.05, 3.63) is 12.7 Å². The number of aliphatic carboxylic acids is 1. The van der Waals surface area contributed by atoms with Crippen LogP contribution in [0.2, 0.25) is 19.6 Å². The van der Waals surface area contributed by atoms with Gasteiger partial charge in [0.2, 0.25) is 0 Å². The van der Waals surface area contributed by atoms with Crippen molar-refractivity contribution >= 4 is 14.3 Å². The Balaban J connectivity index is 2.85. The van der Waals surface area contributed by atoms with Crippen LogP contribution in [-0.4, -0.2) is 25.0 Å². The molecule has 2 atom stereocenters. The second-order valence-electron chi connectivity index (χ2n) is 5.12. The van der Waals surface area contributed by atoms with Crippen molar-refractivity contribution in [3.63, 3.8) is 0 Å². The zero-order chi connectivity index (χ0) is 11.2. The van der Waals surface area contributed by atoms with Crippen LogP contribution in [0.15, 0.2) is 12.7 Å². The molecule has 4 heteroatoms. The van der Waals surface area contributed by atoms with Gasteiger partial charge in [-0.05, 0) is 33.0 Å². The van der Waals surface area contributed by atoms with Crippen molar-refractivity contribution in [1.29, 1.82) is 0 Å². The Hall–Kier alpha value is -0.613. The Kier molecular flexibility index (Phi) is 2.40. The van der Waals surface area contributed by atoms with Crippen molar-refractivity contribution in [3.8, 4) is 0 Å². The molecular weight excluding hydrogens is 196 g/mol. The molecule has 0 radical (unpaired) electrons. The normalized spacial score (nSPS) is 36.6. The third-order valence-electron chi connectivity index (χ3n) is 2.72. The summed E-state index contributed by atoms with van der Waals surface area (Å²) in [5.41, 5.74) is -1.39. The topological polar surface area (TPSA) is 46.5 Å². The van der Waals surface area contributed by atoms with Gasteiger partial charge in [-0.15, -0.1) is 6.58 Å². The van der Waals surface area contributed by atoms with Gasteiger partial charge in [0.15, 0.2) is 8.32 Å². The monoisotopic (exact) mass is 214 g/mol. The highest BCUT2D eigenvalue weighted by molar-refractivity contribution is 6.69. The average molecular weight is 214 g/mol. The molecule has 1 saturated carbocycles. The standard InChI is InChI=1S/C10H18O3Si/c1-6-10(13-14(3,4)5)7-9(10,2)8(11)12/h6H,1,7H2,2-5H3,(H,11,12). The van der Waals surface area contributed by atoms with Crippen LogP contribution >= 0.6 is 0 Å². The highest BCUT2D eigenvalue weighted by Crippen LogP contribution is 2.60. The van der Waals surface area contributed by atoms with Crippen molar-refractivity contribution in [2.75, 3.05) is 0 Å². The maximum atomic E-state index is 11.0. The molecule has 1 N–H and O–H groups in total. The summed E-state index contributed by atoms with van der Waals surface area (Å²) in [7, 11) is -1.72. The Morgan fingerprint density at radius 3 is 2.29 bits per heavy atom. The van der Waals surface area contributed by atoms with Gasteiger partial charge in [-0.25, -0.2) is 0 Å².